The highest BCUT2D eigenvalue weighted by molar-refractivity contribution is 5.64. The molecule has 0 aliphatic rings. The molecule has 0 atom stereocenters. The number of methoxy groups -OCH3 is 1. The topological polar surface area (TPSA) is 39.1 Å². The summed E-state index contributed by atoms with van der Waals surface area (Å²) in [6.45, 7) is 0.925. The number of aryl methyl sites for hydroxylation is 1. The standard InChI is InChI=1S/C14H19N3O/c1-15-8-7-13-14(17(2)10-16-13)11-5-4-6-12(9-11)18-3/h4-6,9-10,15H,7-8H2,1-3H3. The molecule has 2 rings (SSSR count). The second-order valence-electron chi connectivity index (χ2n) is 4.24. The van der Waals surface area contributed by atoms with Gasteiger partial charge in [-0.3, -0.25) is 0 Å². The molecule has 0 saturated heterocycles. The zero-order valence-corrected chi connectivity index (χ0v) is 11.1. The first kappa shape index (κ1) is 12.6. The fourth-order valence-electron chi connectivity index (χ4n) is 2.05. The minimum atomic E-state index is 0.869. The van der Waals surface area contributed by atoms with Gasteiger partial charge in [-0.05, 0) is 19.2 Å². The van der Waals surface area contributed by atoms with Crippen LogP contribution in [-0.4, -0.2) is 30.3 Å². The first-order valence-corrected chi connectivity index (χ1v) is 6.05. The lowest BCUT2D eigenvalue weighted by atomic mass is 10.1. The molecule has 1 heterocycles. The van der Waals surface area contributed by atoms with Gasteiger partial charge in [0.2, 0.25) is 0 Å². The Labute approximate surface area is 108 Å². The molecule has 1 N–H and O–H groups in total. The number of hydrogen-bond donors (Lipinski definition) is 1. The van der Waals surface area contributed by atoms with Crippen molar-refractivity contribution in [3.8, 4) is 17.0 Å². The molecule has 18 heavy (non-hydrogen) atoms. The lowest BCUT2D eigenvalue weighted by Crippen LogP contribution is -2.11. The maximum absolute atomic E-state index is 5.27. The molecule has 0 aliphatic heterocycles. The van der Waals surface area contributed by atoms with Gasteiger partial charge in [-0.1, -0.05) is 12.1 Å². The summed E-state index contributed by atoms with van der Waals surface area (Å²) in [7, 11) is 5.66. The first-order valence-electron chi connectivity index (χ1n) is 6.05. The summed E-state index contributed by atoms with van der Waals surface area (Å²) >= 11 is 0. The lowest BCUT2D eigenvalue weighted by Gasteiger charge is -2.08. The van der Waals surface area contributed by atoms with E-state index in [1.165, 1.54) is 0 Å². The number of ether oxygens (including phenoxy) is 1. The number of likely N-dealkylation sites (N-methyl/N-ethyl adjacent to an activating group) is 1. The molecule has 0 unspecified atom stereocenters. The summed E-state index contributed by atoms with van der Waals surface area (Å²) in [4.78, 5) is 4.47. The molecule has 2 aromatic rings. The molecule has 0 saturated carbocycles. The van der Waals surface area contributed by atoms with Crippen LogP contribution in [0.3, 0.4) is 0 Å². The van der Waals surface area contributed by atoms with E-state index in [0.29, 0.717) is 0 Å². The van der Waals surface area contributed by atoms with Crippen molar-refractivity contribution < 1.29 is 4.74 Å². The summed E-state index contributed by atoms with van der Waals surface area (Å²) in [6.07, 6.45) is 2.78. The summed E-state index contributed by atoms with van der Waals surface area (Å²) < 4.78 is 7.33. The number of benzene rings is 1. The predicted octanol–water partition coefficient (Wildman–Crippen LogP) is 1.86. The van der Waals surface area contributed by atoms with Gasteiger partial charge < -0.3 is 14.6 Å². The number of nitrogens with one attached hydrogen (secondary N) is 1. The Hall–Kier alpha value is -1.81. The van der Waals surface area contributed by atoms with E-state index in [1.54, 1.807) is 7.11 Å². The SMILES string of the molecule is CNCCc1ncn(C)c1-c1cccc(OC)c1. The third-order valence-electron chi connectivity index (χ3n) is 2.97. The average molecular weight is 245 g/mol. The first-order chi connectivity index (χ1) is 8.76. The van der Waals surface area contributed by atoms with Crippen LogP contribution in [0.5, 0.6) is 5.75 Å². The summed E-state index contributed by atoms with van der Waals surface area (Å²) in [5.41, 5.74) is 3.41. The second-order valence-corrected chi connectivity index (χ2v) is 4.24. The van der Waals surface area contributed by atoms with Crippen molar-refractivity contribution in [1.82, 2.24) is 14.9 Å². The van der Waals surface area contributed by atoms with Crippen LogP contribution in [0.25, 0.3) is 11.3 Å². The smallest absolute Gasteiger partial charge is 0.119 e. The van der Waals surface area contributed by atoms with Crippen molar-refractivity contribution in [1.29, 1.82) is 0 Å². The molecular formula is C14H19N3O. The van der Waals surface area contributed by atoms with E-state index in [9.17, 15) is 0 Å². The third kappa shape index (κ3) is 2.54. The Morgan fingerprint density at radius 1 is 1.39 bits per heavy atom. The van der Waals surface area contributed by atoms with Gasteiger partial charge in [-0.15, -0.1) is 0 Å². The highest BCUT2D eigenvalue weighted by Crippen LogP contribution is 2.26. The van der Waals surface area contributed by atoms with Crippen LogP contribution < -0.4 is 10.1 Å². The molecule has 4 heteroatoms. The van der Waals surface area contributed by atoms with Crippen LogP contribution in [0.4, 0.5) is 0 Å². The number of nitrogens with zero attached hydrogens (tertiary/aromatic N) is 2. The molecule has 1 aromatic carbocycles. The summed E-state index contributed by atoms with van der Waals surface area (Å²) in [5.74, 6) is 0.869. The summed E-state index contributed by atoms with van der Waals surface area (Å²) in [6, 6.07) is 8.08. The van der Waals surface area contributed by atoms with E-state index >= 15 is 0 Å². The largest absolute Gasteiger partial charge is 0.497 e. The van der Waals surface area contributed by atoms with Gasteiger partial charge >= 0.3 is 0 Å². The van der Waals surface area contributed by atoms with Crippen molar-refractivity contribution >= 4 is 0 Å². The van der Waals surface area contributed by atoms with E-state index < -0.39 is 0 Å². The normalized spacial score (nSPS) is 10.6. The van der Waals surface area contributed by atoms with Gasteiger partial charge in [0.15, 0.2) is 0 Å². The molecule has 1 aromatic heterocycles. The molecule has 0 aliphatic carbocycles. The Kier molecular flexibility index (Phi) is 3.99. The second kappa shape index (κ2) is 5.69. The van der Waals surface area contributed by atoms with Crippen LogP contribution in [0, 0.1) is 0 Å². The van der Waals surface area contributed by atoms with E-state index in [0.717, 1.165) is 35.7 Å². The molecule has 0 spiro atoms. The maximum atomic E-state index is 5.27. The van der Waals surface area contributed by atoms with Gasteiger partial charge in [0.05, 0.1) is 24.8 Å². The fourth-order valence-corrected chi connectivity index (χ4v) is 2.05. The Balaban J connectivity index is 2.38. The van der Waals surface area contributed by atoms with E-state index in [-0.39, 0.29) is 0 Å². The number of aromatic nitrogens is 2. The maximum Gasteiger partial charge on any atom is 0.119 e. The van der Waals surface area contributed by atoms with Crippen LogP contribution in [-0.2, 0) is 13.5 Å². The van der Waals surface area contributed by atoms with Gasteiger partial charge in [-0.2, -0.15) is 0 Å². The van der Waals surface area contributed by atoms with Crippen LogP contribution >= 0.6 is 0 Å². The molecule has 0 fully saturated rings. The minimum absolute atomic E-state index is 0.869. The third-order valence-corrected chi connectivity index (χ3v) is 2.97. The average Bonchev–Trinajstić information content (AvgIpc) is 2.77. The van der Waals surface area contributed by atoms with Gasteiger partial charge in [0.1, 0.15) is 5.75 Å². The van der Waals surface area contributed by atoms with Crippen LogP contribution in [0.1, 0.15) is 5.69 Å². The van der Waals surface area contributed by atoms with Crippen molar-refractivity contribution in [2.75, 3.05) is 20.7 Å². The highest BCUT2D eigenvalue weighted by Gasteiger charge is 2.11. The Morgan fingerprint density at radius 3 is 2.94 bits per heavy atom. The van der Waals surface area contributed by atoms with E-state index in [4.69, 9.17) is 4.74 Å². The molecule has 0 bridgehead atoms. The zero-order chi connectivity index (χ0) is 13.0. The fraction of sp³-hybridized carbons (Fsp3) is 0.357. The number of rotatable bonds is 5. The van der Waals surface area contributed by atoms with Crippen molar-refractivity contribution in [2.45, 2.75) is 6.42 Å². The molecule has 0 amide bonds. The molecule has 0 radical (unpaired) electrons. The Morgan fingerprint density at radius 2 is 2.22 bits per heavy atom. The number of imidazole rings is 1. The van der Waals surface area contributed by atoms with Gasteiger partial charge in [0, 0.05) is 25.6 Å². The molecule has 4 nitrogen and oxygen atoms in total. The van der Waals surface area contributed by atoms with Gasteiger partial charge in [-0.25, -0.2) is 4.98 Å². The summed E-state index contributed by atoms with van der Waals surface area (Å²) in [5, 5.41) is 3.15. The number of hydrogen-bond acceptors (Lipinski definition) is 3. The van der Waals surface area contributed by atoms with Crippen molar-refractivity contribution in [3.05, 3.63) is 36.3 Å². The van der Waals surface area contributed by atoms with Crippen molar-refractivity contribution in [3.63, 3.8) is 0 Å². The van der Waals surface area contributed by atoms with Crippen molar-refractivity contribution in [2.24, 2.45) is 7.05 Å². The minimum Gasteiger partial charge on any atom is -0.497 e. The quantitative estimate of drug-likeness (QED) is 0.874. The van der Waals surface area contributed by atoms with E-state index in [1.807, 2.05) is 38.6 Å². The lowest BCUT2D eigenvalue weighted by molar-refractivity contribution is 0.415. The monoisotopic (exact) mass is 245 g/mol. The van der Waals surface area contributed by atoms with Gasteiger partial charge in [0.25, 0.3) is 0 Å². The van der Waals surface area contributed by atoms with E-state index in [2.05, 4.69) is 20.9 Å². The van der Waals surface area contributed by atoms with Crippen LogP contribution in [0.2, 0.25) is 0 Å². The Bertz CT molecular complexity index is 520. The van der Waals surface area contributed by atoms with Crippen LogP contribution in [0.15, 0.2) is 30.6 Å². The molecule has 96 valence electrons. The zero-order valence-electron chi connectivity index (χ0n) is 11.1. The molecular weight excluding hydrogens is 226 g/mol. The highest BCUT2D eigenvalue weighted by atomic mass is 16.5. The predicted molar refractivity (Wildman–Crippen MR) is 72.8 cm³/mol.